The maximum atomic E-state index is 10.2. The molecule has 0 unspecified atom stereocenters. The molecule has 4 heteroatoms. The predicted molar refractivity (Wildman–Crippen MR) is 49.3 cm³/mol. The Bertz CT molecular complexity index is 271. The number of rotatable bonds is 3. The Morgan fingerprint density at radius 1 is 1.42 bits per heavy atom. The zero-order valence-corrected chi connectivity index (χ0v) is 8.63. The number of aliphatic carboxylic acids is 1. The van der Waals surface area contributed by atoms with E-state index in [1.807, 2.05) is 12.1 Å². The van der Waals surface area contributed by atoms with E-state index in [4.69, 9.17) is 16.7 Å². The molecule has 12 heavy (non-hydrogen) atoms. The van der Waals surface area contributed by atoms with E-state index in [-0.39, 0.29) is 20.3 Å². The van der Waals surface area contributed by atoms with Crippen LogP contribution in [0.2, 0.25) is 10.3 Å². The molecule has 0 aliphatic rings. The number of carboxylic acid groups (broad SMARTS) is 1. The molecule has 0 bridgehead atoms. The molecular formula is C8H7ClO2Se. The van der Waals surface area contributed by atoms with Gasteiger partial charge < -0.3 is 0 Å². The standard InChI is InChI=1S/C8H7ClO2Se/c9-6-1-3-7(4-2-6)12-5-8(10)11/h1-4H,5H2,(H,10,11). The summed E-state index contributed by atoms with van der Waals surface area (Å²) < 4.78 is 1.06. The van der Waals surface area contributed by atoms with Gasteiger partial charge in [-0.25, -0.2) is 0 Å². The molecule has 0 heterocycles. The van der Waals surface area contributed by atoms with Crippen LogP contribution < -0.4 is 4.46 Å². The molecule has 0 atom stereocenters. The van der Waals surface area contributed by atoms with Gasteiger partial charge in [0, 0.05) is 0 Å². The molecule has 0 saturated heterocycles. The Kier molecular flexibility index (Phi) is 3.60. The van der Waals surface area contributed by atoms with Crippen molar-refractivity contribution in [3.05, 3.63) is 29.3 Å². The van der Waals surface area contributed by atoms with Crippen LogP contribution in [0.4, 0.5) is 0 Å². The quantitative estimate of drug-likeness (QED) is 0.817. The fraction of sp³-hybridized carbons (Fsp3) is 0.125. The number of halogens is 1. The van der Waals surface area contributed by atoms with E-state index >= 15 is 0 Å². The third kappa shape index (κ3) is 3.26. The van der Waals surface area contributed by atoms with Crippen molar-refractivity contribution in [1.82, 2.24) is 0 Å². The molecule has 0 aromatic heterocycles. The van der Waals surface area contributed by atoms with Gasteiger partial charge in [0.1, 0.15) is 0 Å². The molecule has 0 fully saturated rings. The van der Waals surface area contributed by atoms with Gasteiger partial charge in [-0.1, -0.05) is 0 Å². The first-order chi connectivity index (χ1) is 5.68. The molecule has 2 nitrogen and oxygen atoms in total. The van der Waals surface area contributed by atoms with E-state index in [1.54, 1.807) is 12.1 Å². The molecule has 0 saturated carbocycles. The summed E-state index contributed by atoms with van der Waals surface area (Å²) in [5, 5.41) is 9.33. The molecule has 0 aliphatic heterocycles. The summed E-state index contributed by atoms with van der Waals surface area (Å²) in [6.45, 7) is 0. The Morgan fingerprint density at radius 3 is 2.50 bits per heavy atom. The van der Waals surface area contributed by atoms with Crippen molar-refractivity contribution in [2.75, 3.05) is 0 Å². The van der Waals surface area contributed by atoms with Crippen LogP contribution in [0.3, 0.4) is 0 Å². The van der Waals surface area contributed by atoms with Crippen LogP contribution in [-0.4, -0.2) is 26.0 Å². The van der Waals surface area contributed by atoms with Gasteiger partial charge in [-0.15, -0.1) is 0 Å². The Morgan fingerprint density at radius 2 is 2.00 bits per heavy atom. The van der Waals surface area contributed by atoms with Crippen molar-refractivity contribution in [3.63, 3.8) is 0 Å². The molecule has 1 aromatic rings. The van der Waals surface area contributed by atoms with Gasteiger partial charge in [-0.2, -0.15) is 0 Å². The average molecular weight is 250 g/mol. The van der Waals surface area contributed by atoms with Crippen molar-refractivity contribution in [2.24, 2.45) is 0 Å². The first-order valence-electron chi connectivity index (χ1n) is 3.28. The van der Waals surface area contributed by atoms with Gasteiger partial charge in [0.05, 0.1) is 0 Å². The molecule has 0 spiro atoms. The van der Waals surface area contributed by atoms with Crippen molar-refractivity contribution >= 4 is 37.0 Å². The zero-order chi connectivity index (χ0) is 8.97. The van der Waals surface area contributed by atoms with E-state index in [2.05, 4.69) is 0 Å². The first kappa shape index (κ1) is 9.59. The van der Waals surface area contributed by atoms with Crippen molar-refractivity contribution in [1.29, 1.82) is 0 Å². The average Bonchev–Trinajstić information content (AvgIpc) is 2.03. The Labute approximate surface area is 81.7 Å². The van der Waals surface area contributed by atoms with Crippen molar-refractivity contribution in [2.45, 2.75) is 5.32 Å². The molecule has 0 aliphatic carbocycles. The number of carboxylic acids is 1. The van der Waals surface area contributed by atoms with Crippen LogP contribution in [0.1, 0.15) is 0 Å². The van der Waals surface area contributed by atoms with E-state index in [1.165, 1.54) is 0 Å². The van der Waals surface area contributed by atoms with Crippen LogP contribution in [-0.2, 0) is 4.79 Å². The number of carbonyl (C=O) groups is 1. The van der Waals surface area contributed by atoms with Gasteiger partial charge in [-0.3, -0.25) is 0 Å². The number of hydrogen-bond donors (Lipinski definition) is 1. The van der Waals surface area contributed by atoms with Crippen LogP contribution in [0.15, 0.2) is 24.3 Å². The molecule has 0 amide bonds. The van der Waals surface area contributed by atoms with Gasteiger partial charge in [0.15, 0.2) is 0 Å². The zero-order valence-electron chi connectivity index (χ0n) is 6.16. The summed E-state index contributed by atoms with van der Waals surface area (Å²) in [4.78, 5) is 10.2. The molecular weight excluding hydrogens is 242 g/mol. The fourth-order valence-electron chi connectivity index (χ4n) is 0.676. The first-order valence-corrected chi connectivity index (χ1v) is 5.73. The molecule has 0 radical (unpaired) electrons. The second-order valence-electron chi connectivity index (χ2n) is 2.14. The van der Waals surface area contributed by atoms with Crippen molar-refractivity contribution in [3.8, 4) is 0 Å². The van der Waals surface area contributed by atoms with E-state index in [9.17, 15) is 4.79 Å². The summed E-state index contributed by atoms with van der Waals surface area (Å²) >= 11 is 5.69. The van der Waals surface area contributed by atoms with Gasteiger partial charge in [0.25, 0.3) is 0 Å². The number of hydrogen-bond acceptors (Lipinski definition) is 1. The third-order valence-corrected chi connectivity index (χ3v) is 3.52. The summed E-state index contributed by atoms with van der Waals surface area (Å²) in [5.41, 5.74) is 0. The maximum absolute atomic E-state index is 10.2. The number of benzene rings is 1. The summed E-state index contributed by atoms with van der Waals surface area (Å²) in [6, 6.07) is 7.29. The molecule has 1 N–H and O–H groups in total. The van der Waals surface area contributed by atoms with Gasteiger partial charge >= 0.3 is 81.5 Å². The third-order valence-electron chi connectivity index (χ3n) is 1.18. The summed E-state index contributed by atoms with van der Waals surface area (Å²) in [5.74, 6) is -0.745. The monoisotopic (exact) mass is 250 g/mol. The molecule has 64 valence electrons. The Balaban J connectivity index is 2.53. The predicted octanol–water partition coefficient (Wildman–Crippen LogP) is 1.17. The Hall–Kier alpha value is -0.501. The van der Waals surface area contributed by atoms with E-state index in [0.717, 1.165) is 4.46 Å². The topological polar surface area (TPSA) is 37.3 Å². The van der Waals surface area contributed by atoms with Crippen LogP contribution in [0.25, 0.3) is 0 Å². The minimum atomic E-state index is -0.745. The fourth-order valence-corrected chi connectivity index (χ4v) is 2.10. The van der Waals surface area contributed by atoms with Crippen molar-refractivity contribution < 1.29 is 9.90 Å². The molecule has 1 rings (SSSR count). The second-order valence-corrected chi connectivity index (χ2v) is 4.77. The minimum absolute atomic E-state index is 0.0242. The second kappa shape index (κ2) is 4.51. The summed E-state index contributed by atoms with van der Waals surface area (Å²) in [7, 11) is 0. The van der Waals surface area contributed by atoms with Gasteiger partial charge in [0.2, 0.25) is 0 Å². The van der Waals surface area contributed by atoms with Crippen LogP contribution in [0, 0.1) is 0 Å². The summed E-state index contributed by atoms with van der Waals surface area (Å²) in [6.07, 6.45) is 0. The van der Waals surface area contributed by atoms with Gasteiger partial charge in [-0.05, 0) is 0 Å². The van der Waals surface area contributed by atoms with Crippen LogP contribution >= 0.6 is 11.6 Å². The normalized spacial score (nSPS) is 9.75. The molecule has 1 aromatic carbocycles. The SMILES string of the molecule is O=C(O)C[Se]c1ccc(Cl)cc1. The van der Waals surface area contributed by atoms with E-state index in [0.29, 0.717) is 5.02 Å². The van der Waals surface area contributed by atoms with Crippen LogP contribution in [0.5, 0.6) is 0 Å². The van der Waals surface area contributed by atoms with E-state index < -0.39 is 5.97 Å².